The van der Waals surface area contributed by atoms with Gasteiger partial charge in [-0.25, -0.2) is 4.79 Å². The molecule has 162 valence electrons. The molecule has 0 amide bonds. The van der Waals surface area contributed by atoms with Gasteiger partial charge in [-0.2, -0.15) is 9.78 Å². The second-order valence-electron chi connectivity index (χ2n) is 7.47. The van der Waals surface area contributed by atoms with Gasteiger partial charge < -0.3 is 4.74 Å². The largest absolute Gasteiger partial charge is 0.402 e. The van der Waals surface area contributed by atoms with Crippen LogP contribution in [-0.4, -0.2) is 15.7 Å². The quantitative estimate of drug-likeness (QED) is 0.252. The van der Waals surface area contributed by atoms with E-state index < -0.39 is 5.97 Å². The van der Waals surface area contributed by atoms with E-state index in [9.17, 15) is 4.79 Å². The van der Waals surface area contributed by atoms with Crippen LogP contribution in [0.4, 0.5) is 0 Å². The molecular formula is C27H19ClN2O2S. The summed E-state index contributed by atoms with van der Waals surface area (Å²) in [5, 5.41) is 7.40. The number of esters is 1. The van der Waals surface area contributed by atoms with Gasteiger partial charge in [-0.3, -0.25) is 0 Å². The molecular weight excluding hydrogens is 452 g/mol. The number of nitrogens with zero attached hydrogens (tertiary/aromatic N) is 2. The maximum atomic E-state index is 13.2. The topological polar surface area (TPSA) is 44.1 Å². The third kappa shape index (κ3) is 4.51. The molecule has 0 radical (unpaired) electrons. The number of rotatable bonds is 5. The summed E-state index contributed by atoms with van der Waals surface area (Å²) in [5.41, 5.74) is 2.06. The van der Waals surface area contributed by atoms with Gasteiger partial charge in [0.1, 0.15) is 0 Å². The smallest absolute Gasteiger partial charge is 0.344 e. The van der Waals surface area contributed by atoms with Crippen LogP contribution in [0.25, 0.3) is 16.5 Å². The summed E-state index contributed by atoms with van der Waals surface area (Å²) in [6.07, 6.45) is 0. The van der Waals surface area contributed by atoms with Crippen molar-refractivity contribution in [3.05, 3.63) is 113 Å². The van der Waals surface area contributed by atoms with E-state index in [0.717, 1.165) is 31.9 Å². The fraction of sp³-hybridized carbons (Fsp3) is 0.0370. The number of benzene rings is 4. The summed E-state index contributed by atoms with van der Waals surface area (Å²) in [5.74, 6) is -0.0485. The van der Waals surface area contributed by atoms with Crippen molar-refractivity contribution in [2.45, 2.75) is 16.7 Å². The number of carbonyl (C=O) groups is 1. The molecule has 0 aliphatic carbocycles. The fourth-order valence-corrected chi connectivity index (χ4v) is 4.56. The molecule has 4 nitrogen and oxygen atoms in total. The molecule has 6 heteroatoms. The number of aryl methyl sites for hydroxylation is 1. The maximum Gasteiger partial charge on any atom is 0.344 e. The molecule has 0 spiro atoms. The van der Waals surface area contributed by atoms with Crippen LogP contribution >= 0.6 is 23.4 Å². The maximum absolute atomic E-state index is 13.2. The van der Waals surface area contributed by atoms with E-state index in [1.54, 1.807) is 10.7 Å². The third-order valence-corrected chi connectivity index (χ3v) is 6.61. The first-order valence-corrected chi connectivity index (χ1v) is 11.6. The molecule has 0 aliphatic rings. The lowest BCUT2D eigenvalue weighted by atomic mass is 10.1. The minimum Gasteiger partial charge on any atom is -0.402 e. The van der Waals surface area contributed by atoms with Gasteiger partial charge in [0.2, 0.25) is 5.88 Å². The highest BCUT2D eigenvalue weighted by Gasteiger charge is 2.23. The Morgan fingerprint density at radius 3 is 2.33 bits per heavy atom. The lowest BCUT2D eigenvalue weighted by molar-refractivity contribution is 0.0718. The molecule has 4 aromatic carbocycles. The Morgan fingerprint density at radius 2 is 1.58 bits per heavy atom. The van der Waals surface area contributed by atoms with Crippen LogP contribution in [-0.2, 0) is 0 Å². The van der Waals surface area contributed by atoms with E-state index in [1.807, 2.05) is 97.9 Å². The van der Waals surface area contributed by atoms with E-state index in [0.29, 0.717) is 16.5 Å². The normalized spacial score (nSPS) is 11.0. The van der Waals surface area contributed by atoms with Crippen LogP contribution in [0.1, 0.15) is 16.1 Å². The number of para-hydroxylation sites is 1. The van der Waals surface area contributed by atoms with Crippen molar-refractivity contribution in [3.8, 4) is 11.6 Å². The number of aromatic nitrogens is 2. The first-order chi connectivity index (χ1) is 16.1. The lowest BCUT2D eigenvalue weighted by Crippen LogP contribution is -2.12. The Hall–Kier alpha value is -3.54. The van der Waals surface area contributed by atoms with Crippen molar-refractivity contribution in [1.29, 1.82) is 0 Å². The van der Waals surface area contributed by atoms with Gasteiger partial charge >= 0.3 is 5.97 Å². The SMILES string of the molecule is Cc1nn(-c2ccccc2)c(OC(=O)c2ccc3ccccc3c2)c1Sc1ccc(Cl)cc1. The molecule has 0 fully saturated rings. The highest BCUT2D eigenvalue weighted by molar-refractivity contribution is 7.99. The predicted molar refractivity (Wildman–Crippen MR) is 133 cm³/mol. The molecule has 1 heterocycles. The van der Waals surface area contributed by atoms with Crippen LogP contribution in [0.5, 0.6) is 5.88 Å². The summed E-state index contributed by atoms with van der Waals surface area (Å²) < 4.78 is 7.67. The average molecular weight is 471 g/mol. The van der Waals surface area contributed by atoms with Crippen molar-refractivity contribution >= 4 is 40.1 Å². The zero-order chi connectivity index (χ0) is 22.8. The molecule has 5 aromatic rings. The van der Waals surface area contributed by atoms with E-state index in [1.165, 1.54) is 11.8 Å². The van der Waals surface area contributed by atoms with E-state index in [-0.39, 0.29) is 0 Å². The highest BCUT2D eigenvalue weighted by Crippen LogP contribution is 2.39. The Bertz CT molecular complexity index is 1450. The Labute approximate surface area is 200 Å². The van der Waals surface area contributed by atoms with Crippen LogP contribution in [0.3, 0.4) is 0 Å². The van der Waals surface area contributed by atoms with E-state index >= 15 is 0 Å². The fourth-order valence-electron chi connectivity index (χ4n) is 3.53. The number of hydrogen-bond acceptors (Lipinski definition) is 4. The first-order valence-electron chi connectivity index (χ1n) is 10.4. The predicted octanol–water partition coefficient (Wildman–Crippen LogP) is 7.36. The molecule has 0 saturated carbocycles. The molecule has 33 heavy (non-hydrogen) atoms. The number of fused-ring (bicyclic) bond motifs is 1. The first kappa shape index (κ1) is 21.3. The van der Waals surface area contributed by atoms with Crippen molar-refractivity contribution < 1.29 is 9.53 Å². The van der Waals surface area contributed by atoms with Gasteiger partial charge in [0.15, 0.2) is 0 Å². The van der Waals surface area contributed by atoms with Gasteiger partial charge in [0.25, 0.3) is 0 Å². The summed E-state index contributed by atoms with van der Waals surface area (Å²) in [6, 6.07) is 30.6. The van der Waals surface area contributed by atoms with Crippen LogP contribution in [0.2, 0.25) is 5.02 Å². The minimum atomic E-state index is -0.434. The Morgan fingerprint density at radius 1 is 0.879 bits per heavy atom. The molecule has 0 saturated heterocycles. The molecule has 0 N–H and O–H groups in total. The zero-order valence-electron chi connectivity index (χ0n) is 17.7. The average Bonchev–Trinajstić information content (AvgIpc) is 3.15. The standard InChI is InChI=1S/C27H19ClN2O2S/c1-18-25(33-24-15-13-22(28)14-16-24)26(30(29-18)23-9-3-2-4-10-23)32-27(31)21-12-11-19-7-5-6-8-20(19)17-21/h2-17H,1H3. The molecule has 5 rings (SSSR count). The van der Waals surface area contributed by atoms with Crippen LogP contribution in [0, 0.1) is 6.92 Å². The van der Waals surface area contributed by atoms with Gasteiger partial charge in [-0.1, -0.05) is 71.9 Å². The molecule has 0 atom stereocenters. The minimum absolute atomic E-state index is 0.386. The number of carbonyl (C=O) groups excluding carboxylic acids is 1. The van der Waals surface area contributed by atoms with Gasteiger partial charge in [-0.05, 0) is 66.2 Å². The monoisotopic (exact) mass is 470 g/mol. The van der Waals surface area contributed by atoms with Gasteiger partial charge in [0.05, 0.1) is 21.8 Å². The molecule has 1 aromatic heterocycles. The van der Waals surface area contributed by atoms with Crippen LogP contribution < -0.4 is 4.74 Å². The summed E-state index contributed by atoms with van der Waals surface area (Å²) >= 11 is 7.53. The molecule has 0 bridgehead atoms. The highest BCUT2D eigenvalue weighted by atomic mass is 35.5. The van der Waals surface area contributed by atoms with Crippen LogP contribution in [0.15, 0.2) is 107 Å². The Kier molecular flexibility index (Phi) is 5.90. The number of halogens is 1. The van der Waals surface area contributed by atoms with E-state index in [4.69, 9.17) is 16.3 Å². The van der Waals surface area contributed by atoms with Crippen molar-refractivity contribution in [3.63, 3.8) is 0 Å². The Balaban J connectivity index is 1.55. The summed E-state index contributed by atoms with van der Waals surface area (Å²) in [7, 11) is 0. The van der Waals surface area contributed by atoms with Crippen molar-refractivity contribution in [1.82, 2.24) is 9.78 Å². The second kappa shape index (κ2) is 9.14. The summed E-state index contributed by atoms with van der Waals surface area (Å²) in [6.45, 7) is 1.91. The molecule has 0 unspecified atom stereocenters. The summed E-state index contributed by atoms with van der Waals surface area (Å²) in [4.78, 5) is 15.0. The second-order valence-corrected chi connectivity index (χ2v) is 8.99. The number of hydrogen-bond donors (Lipinski definition) is 0. The van der Waals surface area contributed by atoms with Gasteiger partial charge in [0, 0.05) is 9.92 Å². The molecule has 0 aliphatic heterocycles. The number of ether oxygens (including phenoxy) is 1. The zero-order valence-corrected chi connectivity index (χ0v) is 19.3. The van der Waals surface area contributed by atoms with Crippen molar-refractivity contribution in [2.75, 3.05) is 0 Å². The van der Waals surface area contributed by atoms with Crippen molar-refractivity contribution in [2.24, 2.45) is 0 Å². The van der Waals surface area contributed by atoms with Gasteiger partial charge in [-0.15, -0.1) is 0 Å². The van der Waals surface area contributed by atoms with E-state index in [2.05, 4.69) is 5.10 Å². The third-order valence-electron chi connectivity index (χ3n) is 5.17. The lowest BCUT2D eigenvalue weighted by Gasteiger charge is -2.11.